The molecule has 1 aliphatic heterocycles. The summed E-state index contributed by atoms with van der Waals surface area (Å²) < 4.78 is 7.03. The molecule has 0 aliphatic carbocycles. The van der Waals surface area contributed by atoms with Crippen molar-refractivity contribution >= 4 is 11.8 Å². The van der Waals surface area contributed by atoms with Crippen LogP contribution >= 0.6 is 11.8 Å². The minimum atomic E-state index is 0.393. The lowest BCUT2D eigenvalue weighted by Crippen LogP contribution is -2.43. The number of thioether (sulfide) groups is 1. The summed E-state index contributed by atoms with van der Waals surface area (Å²) >= 11 is 1.76. The van der Waals surface area contributed by atoms with Crippen molar-refractivity contribution in [3.8, 4) is 11.6 Å². The Kier molecular flexibility index (Phi) is 3.28. The lowest BCUT2D eigenvalue weighted by molar-refractivity contribution is 0.313. The van der Waals surface area contributed by atoms with Crippen LogP contribution in [-0.4, -0.2) is 44.0 Å². The molecule has 96 valence electrons. The van der Waals surface area contributed by atoms with Gasteiger partial charge in [-0.3, -0.25) is 0 Å². The van der Waals surface area contributed by atoms with E-state index in [1.165, 1.54) is 0 Å². The van der Waals surface area contributed by atoms with E-state index >= 15 is 0 Å². The van der Waals surface area contributed by atoms with E-state index in [-0.39, 0.29) is 0 Å². The van der Waals surface area contributed by atoms with Crippen molar-refractivity contribution in [3.63, 3.8) is 0 Å². The summed E-state index contributed by atoms with van der Waals surface area (Å²) in [6.45, 7) is 3.97. The SMILES string of the molecule is CCSCc1noc(-c2cn(C3CNC3)nn2)n1. The molecule has 18 heavy (non-hydrogen) atoms. The molecular weight excluding hydrogens is 252 g/mol. The van der Waals surface area contributed by atoms with Crippen molar-refractivity contribution in [2.45, 2.75) is 18.7 Å². The highest BCUT2D eigenvalue weighted by Gasteiger charge is 2.21. The van der Waals surface area contributed by atoms with Crippen LogP contribution in [-0.2, 0) is 5.75 Å². The quantitative estimate of drug-likeness (QED) is 0.854. The zero-order chi connectivity index (χ0) is 12.4. The number of hydrogen-bond donors (Lipinski definition) is 1. The third-order valence-corrected chi connectivity index (χ3v) is 3.64. The second-order valence-corrected chi connectivity index (χ2v) is 5.32. The van der Waals surface area contributed by atoms with Crippen LogP contribution in [0.25, 0.3) is 11.6 Å². The molecule has 3 rings (SSSR count). The molecule has 0 aromatic carbocycles. The lowest BCUT2D eigenvalue weighted by atomic mass is 10.2. The van der Waals surface area contributed by atoms with Crippen molar-refractivity contribution < 1.29 is 4.52 Å². The Labute approximate surface area is 108 Å². The van der Waals surface area contributed by atoms with Crippen LogP contribution in [0.15, 0.2) is 10.7 Å². The van der Waals surface area contributed by atoms with Crippen molar-refractivity contribution in [1.82, 2.24) is 30.5 Å². The highest BCUT2D eigenvalue weighted by molar-refractivity contribution is 7.98. The van der Waals surface area contributed by atoms with E-state index in [1.807, 2.05) is 10.9 Å². The number of rotatable bonds is 5. The summed E-state index contributed by atoms with van der Waals surface area (Å²) in [5.41, 5.74) is 0.641. The predicted octanol–water partition coefficient (Wildman–Crippen LogP) is 0.725. The Balaban J connectivity index is 1.73. The molecule has 1 saturated heterocycles. The topological polar surface area (TPSA) is 81.7 Å². The van der Waals surface area contributed by atoms with Gasteiger partial charge in [-0.15, -0.1) is 5.10 Å². The van der Waals surface area contributed by atoms with Crippen LogP contribution in [0, 0.1) is 0 Å². The maximum Gasteiger partial charge on any atom is 0.280 e. The molecule has 7 nitrogen and oxygen atoms in total. The van der Waals surface area contributed by atoms with E-state index in [4.69, 9.17) is 4.52 Å². The molecule has 1 N–H and O–H groups in total. The summed E-state index contributed by atoms with van der Waals surface area (Å²) in [4.78, 5) is 4.30. The fourth-order valence-electron chi connectivity index (χ4n) is 1.62. The van der Waals surface area contributed by atoms with Gasteiger partial charge in [-0.25, -0.2) is 4.68 Å². The Bertz CT molecular complexity index is 520. The first-order valence-electron chi connectivity index (χ1n) is 5.90. The van der Waals surface area contributed by atoms with Crippen LogP contribution in [0.4, 0.5) is 0 Å². The number of nitrogens with one attached hydrogen (secondary N) is 1. The molecule has 3 heterocycles. The first-order valence-corrected chi connectivity index (χ1v) is 7.05. The van der Waals surface area contributed by atoms with Gasteiger partial charge in [-0.05, 0) is 5.75 Å². The third kappa shape index (κ3) is 2.25. The smallest absolute Gasteiger partial charge is 0.280 e. The fourth-order valence-corrected chi connectivity index (χ4v) is 2.13. The second-order valence-electron chi connectivity index (χ2n) is 4.05. The average molecular weight is 266 g/mol. The largest absolute Gasteiger partial charge is 0.332 e. The van der Waals surface area contributed by atoms with Gasteiger partial charge >= 0.3 is 0 Å². The van der Waals surface area contributed by atoms with Gasteiger partial charge < -0.3 is 9.84 Å². The third-order valence-electron chi connectivity index (χ3n) is 2.77. The lowest BCUT2D eigenvalue weighted by Gasteiger charge is -2.26. The predicted molar refractivity (Wildman–Crippen MR) is 67.1 cm³/mol. The van der Waals surface area contributed by atoms with Gasteiger partial charge in [0.15, 0.2) is 11.5 Å². The van der Waals surface area contributed by atoms with E-state index in [9.17, 15) is 0 Å². The van der Waals surface area contributed by atoms with E-state index < -0.39 is 0 Å². The fraction of sp³-hybridized carbons (Fsp3) is 0.600. The van der Waals surface area contributed by atoms with E-state index in [0.717, 1.165) is 24.6 Å². The average Bonchev–Trinajstić information content (AvgIpc) is 2.92. The first-order chi connectivity index (χ1) is 8.86. The zero-order valence-electron chi connectivity index (χ0n) is 10.0. The monoisotopic (exact) mass is 266 g/mol. The molecule has 0 radical (unpaired) electrons. The van der Waals surface area contributed by atoms with E-state index in [1.54, 1.807) is 11.8 Å². The van der Waals surface area contributed by atoms with Crippen molar-refractivity contribution in [3.05, 3.63) is 12.0 Å². The highest BCUT2D eigenvalue weighted by Crippen LogP contribution is 2.18. The van der Waals surface area contributed by atoms with Gasteiger partial charge in [-0.1, -0.05) is 17.3 Å². The molecular formula is C10H14N6OS. The Morgan fingerprint density at radius 3 is 3.17 bits per heavy atom. The maximum atomic E-state index is 5.19. The maximum absolute atomic E-state index is 5.19. The summed E-state index contributed by atoms with van der Waals surface area (Å²) in [6.07, 6.45) is 1.86. The summed E-state index contributed by atoms with van der Waals surface area (Å²) in [7, 11) is 0. The van der Waals surface area contributed by atoms with Crippen molar-refractivity contribution in [2.75, 3.05) is 18.8 Å². The summed E-state index contributed by atoms with van der Waals surface area (Å²) in [6, 6.07) is 0.393. The molecule has 0 unspecified atom stereocenters. The molecule has 0 spiro atoms. The van der Waals surface area contributed by atoms with Gasteiger partial charge in [0.05, 0.1) is 18.0 Å². The first kappa shape index (κ1) is 11.7. The van der Waals surface area contributed by atoms with Gasteiger partial charge in [0.2, 0.25) is 0 Å². The molecule has 0 amide bonds. The van der Waals surface area contributed by atoms with Crippen molar-refractivity contribution in [1.29, 1.82) is 0 Å². The standard InChI is InChI=1S/C10H14N6OS/c1-2-18-6-9-12-10(17-14-9)8-5-16(15-13-8)7-3-11-4-7/h5,7,11H,2-4,6H2,1H3. The normalized spacial score (nSPS) is 15.8. The minimum Gasteiger partial charge on any atom is -0.332 e. The Hall–Kier alpha value is -1.41. The van der Waals surface area contributed by atoms with Crippen LogP contribution in [0.5, 0.6) is 0 Å². The Morgan fingerprint density at radius 1 is 1.56 bits per heavy atom. The molecule has 1 aliphatic rings. The van der Waals surface area contributed by atoms with Crippen molar-refractivity contribution in [2.24, 2.45) is 0 Å². The minimum absolute atomic E-state index is 0.393. The number of aromatic nitrogens is 5. The molecule has 2 aromatic heterocycles. The van der Waals surface area contributed by atoms with Gasteiger partial charge in [0.1, 0.15) is 0 Å². The van der Waals surface area contributed by atoms with Gasteiger partial charge in [0, 0.05) is 13.1 Å². The van der Waals surface area contributed by atoms with E-state index in [2.05, 4.69) is 32.7 Å². The van der Waals surface area contributed by atoms with E-state index in [0.29, 0.717) is 23.5 Å². The van der Waals surface area contributed by atoms with Crippen LogP contribution < -0.4 is 5.32 Å². The second kappa shape index (κ2) is 5.07. The number of hydrogen-bond acceptors (Lipinski definition) is 7. The molecule has 2 aromatic rings. The van der Waals surface area contributed by atoms with Crippen LogP contribution in [0.1, 0.15) is 18.8 Å². The summed E-state index contributed by atoms with van der Waals surface area (Å²) in [5.74, 6) is 2.95. The zero-order valence-corrected chi connectivity index (χ0v) is 10.9. The summed E-state index contributed by atoms with van der Waals surface area (Å²) in [5, 5.41) is 15.3. The Morgan fingerprint density at radius 2 is 2.44 bits per heavy atom. The molecule has 1 fully saturated rings. The van der Waals surface area contributed by atoms with Crippen LogP contribution in [0.2, 0.25) is 0 Å². The highest BCUT2D eigenvalue weighted by atomic mass is 32.2. The number of nitrogens with zero attached hydrogens (tertiary/aromatic N) is 5. The van der Waals surface area contributed by atoms with Gasteiger partial charge in [0.25, 0.3) is 5.89 Å². The van der Waals surface area contributed by atoms with Crippen LogP contribution in [0.3, 0.4) is 0 Å². The molecule has 0 bridgehead atoms. The molecule has 0 saturated carbocycles. The van der Waals surface area contributed by atoms with Gasteiger partial charge in [-0.2, -0.15) is 16.7 Å². The molecule has 8 heteroatoms. The molecule has 0 atom stereocenters.